The van der Waals surface area contributed by atoms with Gasteiger partial charge >= 0.3 is 0 Å². The van der Waals surface area contributed by atoms with Crippen molar-refractivity contribution >= 4 is 5.69 Å². The molecule has 0 aliphatic rings. The number of para-hydroxylation sites is 1. The van der Waals surface area contributed by atoms with Crippen LogP contribution in [-0.2, 0) is 0 Å². The van der Waals surface area contributed by atoms with Gasteiger partial charge in [0.25, 0.3) is 0 Å². The minimum atomic E-state index is 0.158. The van der Waals surface area contributed by atoms with Gasteiger partial charge < -0.3 is 10.5 Å². The molecule has 0 amide bonds. The Labute approximate surface area is 113 Å². The van der Waals surface area contributed by atoms with E-state index in [1.165, 1.54) is 0 Å². The third-order valence-electron chi connectivity index (χ3n) is 3.12. The lowest BCUT2D eigenvalue weighted by molar-refractivity contribution is 0.398. The van der Waals surface area contributed by atoms with Crippen molar-refractivity contribution in [1.82, 2.24) is 4.57 Å². The van der Waals surface area contributed by atoms with E-state index in [-0.39, 0.29) is 6.04 Å². The van der Waals surface area contributed by atoms with E-state index in [1.807, 2.05) is 41.8 Å². The fourth-order valence-corrected chi connectivity index (χ4v) is 1.94. The number of nitrogens with two attached hydrogens (primary N) is 1. The van der Waals surface area contributed by atoms with Gasteiger partial charge in [-0.15, -0.1) is 0 Å². The molecule has 4 nitrogen and oxygen atoms in total. The lowest BCUT2D eigenvalue weighted by atomic mass is 10.2. The Hall–Kier alpha value is -2.41. The van der Waals surface area contributed by atoms with E-state index in [9.17, 15) is 5.26 Å². The molecule has 2 rings (SSSR count). The second kappa shape index (κ2) is 5.49. The van der Waals surface area contributed by atoms with E-state index < -0.39 is 0 Å². The molecular weight excluding hydrogens is 238 g/mol. The van der Waals surface area contributed by atoms with Crippen molar-refractivity contribution in [1.29, 1.82) is 5.26 Å². The van der Waals surface area contributed by atoms with Crippen LogP contribution in [-0.4, -0.2) is 4.57 Å². The summed E-state index contributed by atoms with van der Waals surface area (Å²) < 4.78 is 7.68. The number of nitrogens with zero attached hydrogens (tertiary/aromatic N) is 2. The molecule has 1 unspecified atom stereocenters. The molecule has 4 heteroatoms. The quantitative estimate of drug-likeness (QED) is 0.905. The van der Waals surface area contributed by atoms with E-state index in [0.717, 1.165) is 6.42 Å². The van der Waals surface area contributed by atoms with E-state index in [1.54, 1.807) is 6.07 Å². The molecule has 19 heavy (non-hydrogen) atoms. The normalized spacial score (nSPS) is 11.8. The lowest BCUT2D eigenvalue weighted by Crippen LogP contribution is -2.08. The molecule has 0 saturated carbocycles. The van der Waals surface area contributed by atoms with Crippen LogP contribution in [0.2, 0.25) is 0 Å². The van der Waals surface area contributed by atoms with Crippen LogP contribution < -0.4 is 10.5 Å². The van der Waals surface area contributed by atoms with Gasteiger partial charge in [0.2, 0.25) is 5.88 Å². The van der Waals surface area contributed by atoms with Gasteiger partial charge in [-0.25, -0.2) is 0 Å². The molecule has 1 aromatic carbocycles. The van der Waals surface area contributed by atoms with Gasteiger partial charge in [-0.2, -0.15) is 5.26 Å². The summed E-state index contributed by atoms with van der Waals surface area (Å²) in [5, 5.41) is 9.18. The molecule has 0 spiro atoms. The highest BCUT2D eigenvalue weighted by Gasteiger charge is 2.18. The maximum atomic E-state index is 9.18. The number of benzene rings is 1. The number of aromatic nitrogens is 1. The average molecular weight is 255 g/mol. The SMILES string of the molecule is CCC(C)n1c(C#N)cc(N)c1Oc1ccccc1. The molecule has 0 aliphatic carbocycles. The number of nitrogen functional groups attached to an aromatic ring is 1. The Morgan fingerprint density at radius 2 is 2.05 bits per heavy atom. The third-order valence-corrected chi connectivity index (χ3v) is 3.12. The highest BCUT2D eigenvalue weighted by atomic mass is 16.5. The number of ether oxygens (including phenoxy) is 1. The predicted molar refractivity (Wildman–Crippen MR) is 75.1 cm³/mol. The zero-order valence-corrected chi connectivity index (χ0v) is 11.1. The molecule has 0 saturated heterocycles. The zero-order valence-electron chi connectivity index (χ0n) is 11.1. The highest BCUT2D eigenvalue weighted by Crippen LogP contribution is 2.34. The summed E-state index contributed by atoms with van der Waals surface area (Å²) in [5.74, 6) is 1.25. The van der Waals surface area contributed by atoms with E-state index in [4.69, 9.17) is 10.5 Å². The molecule has 98 valence electrons. The molecule has 2 aromatic rings. The van der Waals surface area contributed by atoms with E-state index in [0.29, 0.717) is 23.0 Å². The topological polar surface area (TPSA) is 64.0 Å². The Morgan fingerprint density at radius 1 is 1.37 bits per heavy atom. The van der Waals surface area contributed by atoms with Crippen LogP contribution in [0, 0.1) is 11.3 Å². The fraction of sp³-hybridized carbons (Fsp3) is 0.267. The number of hydrogen-bond donors (Lipinski definition) is 1. The lowest BCUT2D eigenvalue weighted by Gasteiger charge is -2.17. The first-order valence-electron chi connectivity index (χ1n) is 6.31. The van der Waals surface area contributed by atoms with Gasteiger partial charge in [0.05, 0.1) is 5.69 Å². The molecule has 0 aliphatic heterocycles. The minimum absolute atomic E-state index is 0.158. The van der Waals surface area contributed by atoms with Crippen molar-refractivity contribution in [3.63, 3.8) is 0 Å². The third kappa shape index (κ3) is 2.55. The Bertz CT molecular complexity index is 596. The first-order valence-corrected chi connectivity index (χ1v) is 6.31. The van der Waals surface area contributed by atoms with Crippen LogP contribution in [0.25, 0.3) is 0 Å². The molecule has 1 atom stereocenters. The Morgan fingerprint density at radius 3 is 2.63 bits per heavy atom. The summed E-state index contributed by atoms with van der Waals surface area (Å²) in [6, 6.07) is 13.4. The van der Waals surface area contributed by atoms with Gasteiger partial charge in [0, 0.05) is 12.1 Å². The van der Waals surface area contributed by atoms with E-state index in [2.05, 4.69) is 13.0 Å². The van der Waals surface area contributed by atoms with Crippen molar-refractivity contribution in [3.05, 3.63) is 42.1 Å². The van der Waals surface area contributed by atoms with Gasteiger partial charge in [-0.3, -0.25) is 4.57 Å². The maximum Gasteiger partial charge on any atom is 0.224 e. The average Bonchev–Trinajstić information content (AvgIpc) is 2.76. The minimum Gasteiger partial charge on any atom is -0.439 e. The van der Waals surface area contributed by atoms with E-state index >= 15 is 0 Å². The number of nitriles is 1. The van der Waals surface area contributed by atoms with Crippen molar-refractivity contribution in [2.24, 2.45) is 0 Å². The molecule has 0 bridgehead atoms. The van der Waals surface area contributed by atoms with Crippen LogP contribution in [0.3, 0.4) is 0 Å². The summed E-state index contributed by atoms with van der Waals surface area (Å²) in [5.41, 5.74) is 6.97. The van der Waals surface area contributed by atoms with Crippen LogP contribution in [0.4, 0.5) is 5.69 Å². The maximum absolute atomic E-state index is 9.18. The standard InChI is InChI=1S/C15H17N3O/c1-3-11(2)18-12(10-16)9-14(17)15(18)19-13-7-5-4-6-8-13/h4-9,11H,3,17H2,1-2H3. The molecule has 0 radical (unpaired) electrons. The molecule has 1 aromatic heterocycles. The second-order valence-electron chi connectivity index (χ2n) is 4.44. The molecule has 1 heterocycles. The van der Waals surface area contributed by atoms with Crippen LogP contribution in [0.15, 0.2) is 36.4 Å². The van der Waals surface area contributed by atoms with Crippen LogP contribution in [0.5, 0.6) is 11.6 Å². The summed E-state index contributed by atoms with van der Waals surface area (Å²) >= 11 is 0. The fourth-order valence-electron chi connectivity index (χ4n) is 1.94. The number of hydrogen-bond acceptors (Lipinski definition) is 3. The predicted octanol–water partition coefficient (Wildman–Crippen LogP) is 3.71. The van der Waals surface area contributed by atoms with Gasteiger partial charge in [0.15, 0.2) is 0 Å². The molecule has 2 N–H and O–H groups in total. The van der Waals surface area contributed by atoms with Crippen molar-refractivity contribution in [2.45, 2.75) is 26.3 Å². The first kappa shape index (κ1) is 13.0. The summed E-state index contributed by atoms with van der Waals surface area (Å²) in [6.07, 6.45) is 0.897. The first-order chi connectivity index (χ1) is 9.17. The van der Waals surface area contributed by atoms with Crippen molar-refractivity contribution in [2.75, 3.05) is 5.73 Å². The second-order valence-corrected chi connectivity index (χ2v) is 4.44. The smallest absolute Gasteiger partial charge is 0.224 e. The number of rotatable bonds is 4. The Kier molecular flexibility index (Phi) is 3.76. The summed E-state index contributed by atoms with van der Waals surface area (Å²) in [4.78, 5) is 0. The largest absolute Gasteiger partial charge is 0.439 e. The zero-order chi connectivity index (χ0) is 13.8. The van der Waals surface area contributed by atoms with Crippen LogP contribution >= 0.6 is 0 Å². The molecular formula is C15H17N3O. The van der Waals surface area contributed by atoms with Gasteiger partial charge in [0.1, 0.15) is 17.5 Å². The van der Waals surface area contributed by atoms with Crippen LogP contribution in [0.1, 0.15) is 32.0 Å². The van der Waals surface area contributed by atoms with Crippen molar-refractivity contribution < 1.29 is 4.74 Å². The molecule has 0 fully saturated rings. The van der Waals surface area contributed by atoms with Gasteiger partial charge in [-0.1, -0.05) is 25.1 Å². The highest BCUT2D eigenvalue weighted by molar-refractivity contribution is 5.56. The monoisotopic (exact) mass is 255 g/mol. The number of anilines is 1. The summed E-state index contributed by atoms with van der Waals surface area (Å²) in [7, 11) is 0. The van der Waals surface area contributed by atoms with Gasteiger partial charge in [-0.05, 0) is 25.5 Å². The summed E-state index contributed by atoms with van der Waals surface area (Å²) in [6.45, 7) is 4.10. The Balaban J connectivity index is 2.45. The van der Waals surface area contributed by atoms with Crippen molar-refractivity contribution in [3.8, 4) is 17.7 Å².